The van der Waals surface area contributed by atoms with Crippen molar-refractivity contribution in [2.24, 2.45) is 0 Å². The Hall–Kier alpha value is -2.00. The van der Waals surface area contributed by atoms with Crippen LogP contribution in [0.1, 0.15) is 15.9 Å². The minimum atomic E-state index is -0.369. The van der Waals surface area contributed by atoms with Crippen molar-refractivity contribution in [1.29, 1.82) is 0 Å². The van der Waals surface area contributed by atoms with Crippen LogP contribution in [0.25, 0.3) is 0 Å². The predicted octanol–water partition coefficient (Wildman–Crippen LogP) is 3.14. The summed E-state index contributed by atoms with van der Waals surface area (Å²) in [6.45, 7) is 4.21. The summed E-state index contributed by atoms with van der Waals surface area (Å²) in [6.07, 6.45) is 0. The molecule has 7 heteroatoms. The molecule has 2 amide bonds. The maximum Gasteiger partial charge on any atom is 0.254 e. The van der Waals surface area contributed by atoms with Gasteiger partial charge in [0.05, 0.1) is 6.54 Å². The van der Waals surface area contributed by atoms with E-state index in [-0.39, 0.29) is 24.2 Å². The summed E-state index contributed by atoms with van der Waals surface area (Å²) in [5, 5.41) is 2.89. The van der Waals surface area contributed by atoms with Crippen molar-refractivity contribution >= 4 is 40.1 Å². The van der Waals surface area contributed by atoms with E-state index >= 15 is 0 Å². The number of anilines is 1. The molecule has 0 radical (unpaired) electrons. The summed E-state index contributed by atoms with van der Waals surface area (Å²) in [5.41, 5.74) is 1.67. The molecular weight excluding hydrogens is 460 g/mol. The average Bonchev–Trinajstić information content (AvgIpc) is 2.64. The summed E-state index contributed by atoms with van der Waals surface area (Å²) in [6, 6.07) is 12.2. The molecule has 0 bridgehead atoms. The summed E-state index contributed by atoms with van der Waals surface area (Å²) >= 11 is 2.20. The van der Waals surface area contributed by atoms with Crippen LogP contribution in [-0.4, -0.2) is 54.3 Å². The van der Waals surface area contributed by atoms with Crippen molar-refractivity contribution in [3.05, 3.63) is 63.0 Å². The van der Waals surface area contributed by atoms with Crippen molar-refractivity contribution in [3.63, 3.8) is 0 Å². The number of carbonyl (C=O) groups excluding carboxylic acids is 2. The number of hydrogen-bond acceptors (Lipinski definition) is 3. The molecule has 2 aromatic rings. The van der Waals surface area contributed by atoms with Gasteiger partial charge >= 0.3 is 0 Å². The van der Waals surface area contributed by atoms with Gasteiger partial charge in [0.1, 0.15) is 5.82 Å². The van der Waals surface area contributed by atoms with Crippen molar-refractivity contribution in [2.75, 3.05) is 38.0 Å². The number of piperazine rings is 1. The van der Waals surface area contributed by atoms with Crippen LogP contribution in [0.5, 0.6) is 0 Å². The molecule has 1 aliphatic rings. The number of hydrogen-bond donors (Lipinski definition) is 1. The number of nitrogens with one attached hydrogen (secondary N) is 1. The Morgan fingerprint density at radius 3 is 2.52 bits per heavy atom. The van der Waals surface area contributed by atoms with E-state index in [4.69, 9.17) is 0 Å². The second-order valence-corrected chi connectivity index (χ2v) is 7.84. The highest BCUT2D eigenvalue weighted by Crippen LogP contribution is 2.14. The fourth-order valence-electron chi connectivity index (χ4n) is 2.99. The third-order valence-electron chi connectivity index (χ3n) is 4.55. The van der Waals surface area contributed by atoms with Gasteiger partial charge in [-0.25, -0.2) is 4.39 Å². The van der Waals surface area contributed by atoms with Gasteiger partial charge in [-0.05, 0) is 65.4 Å². The summed E-state index contributed by atoms with van der Waals surface area (Å²) in [4.78, 5) is 28.5. The Morgan fingerprint density at radius 2 is 1.85 bits per heavy atom. The second-order valence-electron chi connectivity index (χ2n) is 6.59. The molecule has 1 heterocycles. The van der Waals surface area contributed by atoms with E-state index < -0.39 is 0 Å². The largest absolute Gasteiger partial charge is 0.336 e. The Labute approximate surface area is 171 Å². The molecule has 1 fully saturated rings. The number of carbonyl (C=O) groups is 2. The third-order valence-corrected chi connectivity index (χ3v) is 5.22. The maximum atomic E-state index is 13.7. The lowest BCUT2D eigenvalue weighted by Crippen LogP contribution is -2.50. The fourth-order valence-corrected chi connectivity index (χ4v) is 3.53. The number of aryl methyl sites for hydroxylation is 1. The van der Waals surface area contributed by atoms with Gasteiger partial charge in [-0.1, -0.05) is 12.1 Å². The predicted molar refractivity (Wildman–Crippen MR) is 111 cm³/mol. The Kier molecular flexibility index (Phi) is 6.43. The molecule has 142 valence electrons. The monoisotopic (exact) mass is 481 g/mol. The number of benzene rings is 2. The molecule has 3 rings (SSSR count). The van der Waals surface area contributed by atoms with Crippen LogP contribution in [-0.2, 0) is 4.79 Å². The van der Waals surface area contributed by atoms with Gasteiger partial charge in [0.25, 0.3) is 5.91 Å². The number of rotatable bonds is 4. The molecule has 5 nitrogen and oxygen atoms in total. The van der Waals surface area contributed by atoms with Gasteiger partial charge in [0.2, 0.25) is 5.91 Å². The van der Waals surface area contributed by atoms with Crippen LogP contribution in [0, 0.1) is 16.3 Å². The first-order valence-corrected chi connectivity index (χ1v) is 9.83. The Balaban J connectivity index is 1.50. The van der Waals surface area contributed by atoms with Gasteiger partial charge < -0.3 is 10.2 Å². The van der Waals surface area contributed by atoms with Crippen molar-refractivity contribution in [3.8, 4) is 0 Å². The smallest absolute Gasteiger partial charge is 0.254 e. The highest BCUT2D eigenvalue weighted by molar-refractivity contribution is 14.1. The van der Waals surface area contributed by atoms with Gasteiger partial charge in [-0.2, -0.15) is 0 Å². The normalized spacial score (nSPS) is 14.9. The number of nitrogens with zero attached hydrogens (tertiary/aromatic N) is 2. The van der Waals surface area contributed by atoms with Gasteiger partial charge in [0.15, 0.2) is 0 Å². The highest BCUT2D eigenvalue weighted by Gasteiger charge is 2.23. The van der Waals surface area contributed by atoms with Crippen LogP contribution in [0.2, 0.25) is 0 Å². The lowest BCUT2D eigenvalue weighted by molar-refractivity contribution is -0.117. The van der Waals surface area contributed by atoms with E-state index in [9.17, 15) is 14.0 Å². The molecule has 0 aromatic heterocycles. The first kappa shape index (κ1) is 19.8. The summed E-state index contributed by atoms with van der Waals surface area (Å²) in [7, 11) is 0. The van der Waals surface area contributed by atoms with Crippen LogP contribution in [0.3, 0.4) is 0 Å². The molecule has 27 heavy (non-hydrogen) atoms. The van der Waals surface area contributed by atoms with Gasteiger partial charge in [0, 0.05) is 41.0 Å². The first-order valence-electron chi connectivity index (χ1n) is 8.75. The average molecular weight is 481 g/mol. The lowest BCUT2D eigenvalue weighted by atomic mass is 10.1. The summed E-state index contributed by atoms with van der Waals surface area (Å²) in [5.74, 6) is -0.610. The first-order chi connectivity index (χ1) is 12.9. The lowest BCUT2D eigenvalue weighted by Gasteiger charge is -2.34. The molecular formula is C20H21FIN3O2. The second kappa shape index (κ2) is 8.79. The van der Waals surface area contributed by atoms with Crippen molar-refractivity contribution < 1.29 is 14.0 Å². The molecule has 1 saturated heterocycles. The SMILES string of the molecule is Cc1ccc(C(=O)N2CCN(CC(=O)Nc3cccc(I)c3)CC2)cc1F. The molecule has 2 aromatic carbocycles. The van der Waals surface area contributed by atoms with E-state index in [0.29, 0.717) is 37.3 Å². The van der Waals surface area contributed by atoms with E-state index in [1.807, 2.05) is 29.2 Å². The molecule has 1 N–H and O–H groups in total. The standard InChI is InChI=1S/C20H21FIN3O2/c1-14-5-6-15(11-18(14)21)20(27)25-9-7-24(8-10-25)13-19(26)23-17-4-2-3-16(22)12-17/h2-6,11-12H,7-10,13H2,1H3,(H,23,26). The molecule has 0 aliphatic carbocycles. The van der Waals surface area contributed by atoms with Crippen LogP contribution >= 0.6 is 22.6 Å². The molecule has 0 unspecified atom stereocenters. The Morgan fingerprint density at radius 1 is 1.11 bits per heavy atom. The molecule has 0 spiro atoms. The minimum Gasteiger partial charge on any atom is -0.336 e. The maximum absolute atomic E-state index is 13.7. The molecule has 0 atom stereocenters. The zero-order chi connectivity index (χ0) is 19.4. The molecule has 1 aliphatic heterocycles. The zero-order valence-electron chi connectivity index (χ0n) is 15.0. The van der Waals surface area contributed by atoms with E-state index in [0.717, 1.165) is 9.26 Å². The third kappa shape index (κ3) is 5.26. The van der Waals surface area contributed by atoms with E-state index in [1.54, 1.807) is 24.0 Å². The highest BCUT2D eigenvalue weighted by atomic mass is 127. The fraction of sp³-hybridized carbons (Fsp3) is 0.300. The van der Waals surface area contributed by atoms with Crippen molar-refractivity contribution in [2.45, 2.75) is 6.92 Å². The van der Waals surface area contributed by atoms with Gasteiger partial charge in [-0.15, -0.1) is 0 Å². The zero-order valence-corrected chi connectivity index (χ0v) is 17.2. The van der Waals surface area contributed by atoms with E-state index in [1.165, 1.54) is 6.07 Å². The van der Waals surface area contributed by atoms with Crippen LogP contribution in [0.15, 0.2) is 42.5 Å². The topological polar surface area (TPSA) is 52.7 Å². The number of halogens is 2. The summed E-state index contributed by atoms with van der Waals surface area (Å²) < 4.78 is 14.8. The van der Waals surface area contributed by atoms with Crippen molar-refractivity contribution in [1.82, 2.24) is 9.80 Å². The van der Waals surface area contributed by atoms with Gasteiger partial charge in [-0.3, -0.25) is 14.5 Å². The van der Waals surface area contributed by atoms with E-state index in [2.05, 4.69) is 27.9 Å². The molecule has 0 saturated carbocycles. The van der Waals surface area contributed by atoms with Crippen LogP contribution in [0.4, 0.5) is 10.1 Å². The number of amides is 2. The minimum absolute atomic E-state index is 0.0719. The Bertz CT molecular complexity index is 851. The van der Waals surface area contributed by atoms with Crippen LogP contribution < -0.4 is 5.32 Å². The quantitative estimate of drug-likeness (QED) is 0.684.